The highest BCUT2D eigenvalue weighted by Gasteiger charge is 2.02. The Balaban J connectivity index is 2.56. The third-order valence-electron chi connectivity index (χ3n) is 2.44. The molecule has 0 amide bonds. The van der Waals surface area contributed by atoms with Crippen LogP contribution in [0.5, 0.6) is 0 Å². The van der Waals surface area contributed by atoms with Crippen molar-refractivity contribution in [2.24, 2.45) is 5.92 Å². The molecule has 3 heteroatoms. The van der Waals surface area contributed by atoms with E-state index >= 15 is 0 Å². The van der Waals surface area contributed by atoms with E-state index in [-0.39, 0.29) is 12.4 Å². The maximum absolute atomic E-state index is 13.4. The molecule has 0 unspecified atom stereocenters. The standard InChI is InChI=1S/C15H19FOS/c1-12(2)7-9-18-11-13-5-6-15(16)14(10-13)4-3-8-17/h5-6,10,12,17H,7-9,11H2,1-2H3. The lowest BCUT2D eigenvalue weighted by atomic mass is 10.1. The molecule has 0 aliphatic rings. The van der Waals surface area contributed by atoms with Gasteiger partial charge in [0.2, 0.25) is 0 Å². The lowest BCUT2D eigenvalue weighted by Gasteiger charge is -2.05. The Kier molecular flexibility index (Phi) is 6.85. The number of rotatable bonds is 5. The average molecular weight is 266 g/mol. The molecule has 18 heavy (non-hydrogen) atoms. The van der Waals surface area contributed by atoms with Crippen molar-refractivity contribution in [2.45, 2.75) is 26.0 Å². The van der Waals surface area contributed by atoms with Crippen molar-refractivity contribution < 1.29 is 9.50 Å². The molecule has 0 atom stereocenters. The summed E-state index contributed by atoms with van der Waals surface area (Å²) in [6, 6.07) is 5.00. The van der Waals surface area contributed by atoms with Crippen LogP contribution in [0.2, 0.25) is 0 Å². The highest BCUT2D eigenvalue weighted by molar-refractivity contribution is 7.98. The van der Waals surface area contributed by atoms with Crippen molar-refractivity contribution in [3.63, 3.8) is 0 Å². The summed E-state index contributed by atoms with van der Waals surface area (Å²) in [6.07, 6.45) is 1.20. The summed E-state index contributed by atoms with van der Waals surface area (Å²) in [5.74, 6) is 7.49. The molecule has 0 fully saturated rings. The van der Waals surface area contributed by atoms with Crippen molar-refractivity contribution in [3.8, 4) is 11.8 Å². The Bertz CT molecular complexity index is 432. The van der Waals surface area contributed by atoms with Crippen LogP contribution in [0.15, 0.2) is 18.2 Å². The third kappa shape index (κ3) is 5.57. The van der Waals surface area contributed by atoms with Gasteiger partial charge in [-0.05, 0) is 35.8 Å². The van der Waals surface area contributed by atoms with Gasteiger partial charge in [-0.2, -0.15) is 11.8 Å². The smallest absolute Gasteiger partial charge is 0.138 e. The molecule has 0 heterocycles. The summed E-state index contributed by atoms with van der Waals surface area (Å²) >= 11 is 1.85. The van der Waals surface area contributed by atoms with E-state index in [1.165, 1.54) is 12.5 Å². The van der Waals surface area contributed by atoms with Gasteiger partial charge in [0.25, 0.3) is 0 Å². The van der Waals surface area contributed by atoms with E-state index in [1.807, 2.05) is 11.8 Å². The van der Waals surface area contributed by atoms with Gasteiger partial charge in [-0.25, -0.2) is 4.39 Å². The first kappa shape index (κ1) is 15.1. The Morgan fingerprint density at radius 2 is 2.17 bits per heavy atom. The molecular formula is C15H19FOS. The van der Waals surface area contributed by atoms with Gasteiger partial charge < -0.3 is 5.11 Å². The van der Waals surface area contributed by atoms with Crippen LogP contribution in [0.3, 0.4) is 0 Å². The third-order valence-corrected chi connectivity index (χ3v) is 3.50. The molecule has 1 rings (SSSR count). The van der Waals surface area contributed by atoms with E-state index in [2.05, 4.69) is 25.7 Å². The van der Waals surface area contributed by atoms with Gasteiger partial charge in [-0.3, -0.25) is 0 Å². The summed E-state index contributed by atoms with van der Waals surface area (Å²) in [5.41, 5.74) is 1.44. The van der Waals surface area contributed by atoms with Crippen molar-refractivity contribution >= 4 is 11.8 Å². The van der Waals surface area contributed by atoms with Crippen LogP contribution in [0, 0.1) is 23.6 Å². The second kappa shape index (κ2) is 8.18. The second-order valence-electron chi connectivity index (χ2n) is 4.51. The van der Waals surface area contributed by atoms with E-state index in [0.29, 0.717) is 5.56 Å². The first-order valence-electron chi connectivity index (χ1n) is 6.09. The van der Waals surface area contributed by atoms with Gasteiger partial charge in [-0.1, -0.05) is 31.8 Å². The Hall–Kier alpha value is -0.980. The normalized spacial score (nSPS) is 10.3. The van der Waals surface area contributed by atoms with Crippen molar-refractivity contribution in [1.82, 2.24) is 0 Å². The van der Waals surface area contributed by atoms with Crippen LogP contribution < -0.4 is 0 Å². The van der Waals surface area contributed by atoms with Crippen molar-refractivity contribution in [1.29, 1.82) is 0 Å². The molecule has 98 valence electrons. The summed E-state index contributed by atoms with van der Waals surface area (Å²) in [7, 11) is 0. The first-order chi connectivity index (χ1) is 8.63. The van der Waals surface area contributed by atoms with Crippen LogP contribution in [0.25, 0.3) is 0 Å². The number of aliphatic hydroxyl groups excluding tert-OH is 1. The molecule has 0 saturated heterocycles. The molecule has 0 aliphatic heterocycles. The number of hydrogen-bond donors (Lipinski definition) is 1. The number of aliphatic hydroxyl groups is 1. The van der Waals surface area contributed by atoms with Crippen LogP contribution >= 0.6 is 11.8 Å². The van der Waals surface area contributed by atoms with E-state index in [0.717, 1.165) is 23.0 Å². The predicted molar refractivity (Wildman–Crippen MR) is 76.0 cm³/mol. The lowest BCUT2D eigenvalue weighted by Crippen LogP contribution is -1.92. The van der Waals surface area contributed by atoms with Gasteiger partial charge >= 0.3 is 0 Å². The average Bonchev–Trinajstić information content (AvgIpc) is 2.34. The van der Waals surface area contributed by atoms with Crippen molar-refractivity contribution in [2.75, 3.05) is 12.4 Å². The number of halogens is 1. The van der Waals surface area contributed by atoms with E-state index in [9.17, 15) is 4.39 Å². The predicted octanol–water partition coefficient (Wildman–Crippen LogP) is 3.45. The SMILES string of the molecule is CC(C)CCSCc1ccc(F)c(C#CCO)c1. The number of thioether (sulfide) groups is 1. The Labute approximate surface area is 113 Å². The zero-order chi connectivity index (χ0) is 13.4. The van der Waals surface area contributed by atoms with Gasteiger partial charge in [0.1, 0.15) is 12.4 Å². The molecule has 0 aliphatic carbocycles. The second-order valence-corrected chi connectivity index (χ2v) is 5.61. The Morgan fingerprint density at radius 3 is 2.83 bits per heavy atom. The van der Waals surface area contributed by atoms with Gasteiger partial charge in [0.15, 0.2) is 0 Å². The summed E-state index contributed by atoms with van der Waals surface area (Å²) in [4.78, 5) is 0. The first-order valence-corrected chi connectivity index (χ1v) is 7.25. The van der Waals surface area contributed by atoms with Crippen LogP contribution in [0.1, 0.15) is 31.4 Å². The zero-order valence-corrected chi connectivity index (χ0v) is 11.7. The van der Waals surface area contributed by atoms with E-state index < -0.39 is 0 Å². The number of hydrogen-bond acceptors (Lipinski definition) is 2. The topological polar surface area (TPSA) is 20.2 Å². The number of benzene rings is 1. The fourth-order valence-electron chi connectivity index (χ4n) is 1.40. The fraction of sp³-hybridized carbons (Fsp3) is 0.467. The maximum atomic E-state index is 13.4. The fourth-order valence-corrected chi connectivity index (χ4v) is 2.60. The molecule has 1 N–H and O–H groups in total. The molecule has 0 spiro atoms. The van der Waals surface area contributed by atoms with E-state index in [4.69, 9.17) is 5.11 Å². The molecular weight excluding hydrogens is 247 g/mol. The highest BCUT2D eigenvalue weighted by atomic mass is 32.2. The van der Waals surface area contributed by atoms with Crippen LogP contribution in [0.4, 0.5) is 4.39 Å². The summed E-state index contributed by atoms with van der Waals surface area (Å²) in [5, 5.41) is 8.61. The summed E-state index contributed by atoms with van der Waals surface area (Å²) in [6.45, 7) is 4.18. The van der Waals surface area contributed by atoms with E-state index in [1.54, 1.807) is 12.1 Å². The molecule has 1 aromatic rings. The Morgan fingerprint density at radius 1 is 1.39 bits per heavy atom. The maximum Gasteiger partial charge on any atom is 0.138 e. The van der Waals surface area contributed by atoms with Crippen LogP contribution in [-0.2, 0) is 5.75 Å². The molecule has 0 aromatic heterocycles. The van der Waals surface area contributed by atoms with Gasteiger partial charge in [-0.15, -0.1) is 0 Å². The minimum Gasteiger partial charge on any atom is -0.384 e. The largest absolute Gasteiger partial charge is 0.384 e. The van der Waals surface area contributed by atoms with Crippen LogP contribution in [-0.4, -0.2) is 17.5 Å². The monoisotopic (exact) mass is 266 g/mol. The van der Waals surface area contributed by atoms with Crippen molar-refractivity contribution in [3.05, 3.63) is 35.1 Å². The molecule has 0 radical (unpaired) electrons. The quantitative estimate of drug-likeness (QED) is 0.650. The molecule has 1 nitrogen and oxygen atoms in total. The highest BCUT2D eigenvalue weighted by Crippen LogP contribution is 2.17. The molecule has 0 bridgehead atoms. The van der Waals surface area contributed by atoms with Gasteiger partial charge in [0.05, 0.1) is 5.56 Å². The molecule has 0 saturated carbocycles. The summed E-state index contributed by atoms with van der Waals surface area (Å²) < 4.78 is 13.4. The zero-order valence-electron chi connectivity index (χ0n) is 10.9. The minimum absolute atomic E-state index is 0.243. The molecule has 1 aromatic carbocycles. The van der Waals surface area contributed by atoms with Gasteiger partial charge in [0, 0.05) is 5.75 Å². The minimum atomic E-state index is -0.327. The lowest BCUT2D eigenvalue weighted by molar-refractivity contribution is 0.350.